The van der Waals surface area contributed by atoms with Gasteiger partial charge in [-0.3, -0.25) is 13.5 Å². The van der Waals surface area contributed by atoms with E-state index in [0.717, 1.165) is 16.7 Å². The van der Waals surface area contributed by atoms with Crippen molar-refractivity contribution in [2.75, 3.05) is 12.3 Å². The predicted octanol–water partition coefficient (Wildman–Crippen LogP) is -6.50. The van der Waals surface area contributed by atoms with Gasteiger partial charge in [0.2, 0.25) is 0 Å². The number of aromatic nitrogens is 2. The van der Waals surface area contributed by atoms with Crippen molar-refractivity contribution in [2.24, 2.45) is 0 Å². The molecule has 172 valence electrons. The van der Waals surface area contributed by atoms with E-state index in [1.54, 1.807) is 0 Å². The number of nitrogen functional groups attached to an aromatic ring is 1. The first kappa shape index (κ1) is 26.9. The predicted molar refractivity (Wildman–Crippen MR) is 102 cm³/mol. The second-order valence-electron chi connectivity index (χ2n) is 6.59. The first-order chi connectivity index (χ1) is 15.0. The molecule has 0 saturated carbocycles. The summed E-state index contributed by atoms with van der Waals surface area (Å²) in [7, 11) is -4.78. The van der Waals surface area contributed by atoms with Crippen molar-refractivity contribution < 1.29 is 71.8 Å². The van der Waals surface area contributed by atoms with E-state index in [9.17, 15) is 38.1 Å². The summed E-state index contributed by atoms with van der Waals surface area (Å²) in [6.45, 7) is -0.851. The van der Waals surface area contributed by atoms with Crippen LogP contribution in [0.1, 0.15) is 26.9 Å². The molecule has 0 radical (unpaired) electrons. The molecule has 0 bridgehead atoms. The van der Waals surface area contributed by atoms with E-state index in [4.69, 9.17) is 10.5 Å². The molecule has 4 atom stereocenters. The van der Waals surface area contributed by atoms with Crippen molar-refractivity contribution in [1.82, 2.24) is 14.3 Å². The number of nitrogens with zero attached hydrogens (tertiary/aromatic N) is 2. The Hall–Kier alpha value is -2.37. The van der Waals surface area contributed by atoms with Crippen molar-refractivity contribution in [2.45, 2.75) is 24.5 Å². The Kier molecular flexibility index (Phi) is 8.72. The van der Waals surface area contributed by atoms with Crippen LogP contribution in [0.2, 0.25) is 0 Å². The summed E-state index contributed by atoms with van der Waals surface area (Å²) < 4.78 is 36.5. The fraction of sp³-hybridized carbons (Fsp3) is 0.294. The van der Waals surface area contributed by atoms with E-state index >= 15 is 0 Å². The van der Waals surface area contributed by atoms with Crippen LogP contribution in [0, 0.1) is 0 Å². The van der Waals surface area contributed by atoms with Crippen LogP contribution in [0.25, 0.3) is 0 Å². The number of benzene rings is 1. The van der Waals surface area contributed by atoms with Gasteiger partial charge in [0.25, 0.3) is 5.91 Å². The summed E-state index contributed by atoms with van der Waals surface area (Å²) in [6, 6.07) is 6.00. The number of aliphatic hydroxyl groups excluding tert-OH is 2. The first-order valence-electron chi connectivity index (χ1n) is 8.88. The Morgan fingerprint density at radius 2 is 1.85 bits per heavy atom. The molecule has 2 aromatic rings. The molecule has 3 rings (SSSR count). The molecule has 0 spiro atoms. The second kappa shape index (κ2) is 10.7. The van der Waals surface area contributed by atoms with Crippen molar-refractivity contribution in [1.29, 1.82) is 0 Å². The molecule has 16 heteroatoms. The zero-order valence-corrected chi connectivity index (χ0v) is 19.8. The first-order valence-corrected chi connectivity index (χ1v) is 10.3. The van der Waals surface area contributed by atoms with Gasteiger partial charge in [-0.15, -0.1) is 0 Å². The molecular formula is C17H17N4NaO10S. The van der Waals surface area contributed by atoms with Crippen LogP contribution >= 0.6 is 0 Å². The maximum Gasteiger partial charge on any atom is 1.00 e. The van der Waals surface area contributed by atoms with E-state index in [1.165, 1.54) is 29.1 Å². The molecule has 0 aliphatic carbocycles. The van der Waals surface area contributed by atoms with Crippen LogP contribution in [-0.4, -0.2) is 65.0 Å². The van der Waals surface area contributed by atoms with Crippen LogP contribution in [0.4, 0.5) is 5.82 Å². The maximum absolute atomic E-state index is 12.2. The van der Waals surface area contributed by atoms with Gasteiger partial charge in [-0.05, 0) is 12.1 Å². The van der Waals surface area contributed by atoms with Gasteiger partial charge in [-0.1, -0.05) is 18.2 Å². The fourth-order valence-electron chi connectivity index (χ4n) is 2.93. The molecule has 1 saturated heterocycles. The summed E-state index contributed by atoms with van der Waals surface area (Å²) in [6.07, 6.45) is -4.96. The van der Waals surface area contributed by atoms with Crippen molar-refractivity contribution in [3.63, 3.8) is 0 Å². The van der Waals surface area contributed by atoms with Gasteiger partial charge in [0.05, 0.1) is 12.6 Å². The standard InChI is InChI=1S/C17H18N4O10S.Na/c18-11-5-6-21(17(27)19-11)15-13(23)12(22)10(31-15)7-30-32(28,29)20-14(24)8-3-1-2-4-9(8)16(25)26;/h1-6,10,12-13,15,22-23H,7H2,(H,20,24)(H,25,26)(H2,18,19,27);/q;+1/p-1/t10-,12-,13-,15-;/m1./s1. The topological polar surface area (TPSA) is 223 Å². The van der Waals surface area contributed by atoms with Gasteiger partial charge in [0, 0.05) is 17.3 Å². The average Bonchev–Trinajstić information content (AvgIpc) is 3.00. The van der Waals surface area contributed by atoms with Crippen LogP contribution in [0.3, 0.4) is 0 Å². The minimum absolute atomic E-state index is 0. The Bertz CT molecular complexity index is 1200. The third kappa shape index (κ3) is 6.15. The zero-order valence-electron chi connectivity index (χ0n) is 17.0. The summed E-state index contributed by atoms with van der Waals surface area (Å²) in [5.41, 5.74) is 3.48. The Labute approximate surface area is 208 Å². The number of ether oxygens (including phenoxy) is 1. The molecule has 1 amide bonds. The molecule has 5 N–H and O–H groups in total. The number of carbonyl (C=O) groups is 2. The zero-order chi connectivity index (χ0) is 23.6. The summed E-state index contributed by atoms with van der Waals surface area (Å²) in [5.74, 6) is -3.07. The van der Waals surface area contributed by atoms with Gasteiger partial charge in [0.1, 0.15) is 24.1 Å². The Morgan fingerprint density at radius 3 is 2.45 bits per heavy atom. The van der Waals surface area contributed by atoms with E-state index < -0.39 is 70.1 Å². The van der Waals surface area contributed by atoms with Gasteiger partial charge in [-0.25, -0.2) is 9.52 Å². The second-order valence-corrected chi connectivity index (χ2v) is 7.94. The largest absolute Gasteiger partial charge is 1.00 e. The van der Waals surface area contributed by atoms with Crippen molar-refractivity contribution in [3.05, 3.63) is 58.1 Å². The molecule has 33 heavy (non-hydrogen) atoms. The number of hydrogen-bond acceptors (Lipinski definition) is 12. The molecule has 1 aliphatic rings. The normalized spacial score (nSPS) is 22.4. The summed E-state index contributed by atoms with van der Waals surface area (Å²) in [5, 5.41) is 31.3. The van der Waals surface area contributed by atoms with Gasteiger partial charge in [0.15, 0.2) is 6.23 Å². The molecule has 1 aromatic heterocycles. The average molecular weight is 492 g/mol. The van der Waals surface area contributed by atoms with E-state index in [-0.39, 0.29) is 35.4 Å². The van der Waals surface area contributed by atoms with Crippen LogP contribution in [-0.2, 0) is 19.2 Å². The number of aliphatic hydroxyl groups is 2. The number of amides is 1. The van der Waals surface area contributed by atoms with E-state index in [2.05, 4.69) is 9.17 Å². The third-order valence-corrected chi connectivity index (χ3v) is 5.34. The number of rotatable bonds is 7. The molecule has 1 aliphatic heterocycles. The quantitative estimate of drug-likeness (QED) is 0.265. The number of carbonyl (C=O) groups excluding carboxylic acids is 2. The number of hydrogen-bond donors (Lipinski definition) is 4. The van der Waals surface area contributed by atoms with E-state index in [0.29, 0.717) is 0 Å². The molecule has 1 aromatic carbocycles. The Balaban J connectivity index is 0.00000385. The number of nitrogens with one attached hydrogen (secondary N) is 1. The van der Waals surface area contributed by atoms with Crippen molar-refractivity contribution in [3.8, 4) is 0 Å². The fourth-order valence-corrected chi connectivity index (χ4v) is 3.64. The monoisotopic (exact) mass is 492 g/mol. The van der Waals surface area contributed by atoms with Gasteiger partial charge < -0.3 is 30.6 Å². The van der Waals surface area contributed by atoms with Crippen molar-refractivity contribution >= 4 is 28.0 Å². The molecular weight excluding hydrogens is 475 g/mol. The number of carboxylic acids is 1. The summed E-state index contributed by atoms with van der Waals surface area (Å²) in [4.78, 5) is 38.6. The summed E-state index contributed by atoms with van der Waals surface area (Å²) >= 11 is 0. The van der Waals surface area contributed by atoms with E-state index in [1.807, 2.05) is 0 Å². The number of carboxylic acid groups (broad SMARTS) is 1. The molecule has 0 unspecified atom stereocenters. The third-order valence-electron chi connectivity index (χ3n) is 4.46. The number of anilines is 1. The van der Waals surface area contributed by atoms with Gasteiger partial charge >= 0.3 is 45.6 Å². The SMILES string of the molecule is Nc1ccn([C@@H]2O[C@H](COS(=O)(=O)NC(=O)c3ccccc3C(=O)[O-])[C@@H](O)[C@H]2O)c(=O)n1.[Na+]. The molecule has 2 heterocycles. The maximum atomic E-state index is 12.2. The van der Waals surface area contributed by atoms with Crippen LogP contribution in [0.5, 0.6) is 0 Å². The van der Waals surface area contributed by atoms with Gasteiger partial charge in [-0.2, -0.15) is 13.4 Å². The number of aromatic carboxylic acids is 1. The number of nitrogens with two attached hydrogens (primary N) is 1. The smallest absolute Gasteiger partial charge is 0.545 e. The molecule has 14 nitrogen and oxygen atoms in total. The minimum atomic E-state index is -4.78. The molecule has 1 fully saturated rings. The van der Waals surface area contributed by atoms with Crippen LogP contribution < -0.4 is 50.8 Å². The Morgan fingerprint density at radius 1 is 1.21 bits per heavy atom. The van der Waals surface area contributed by atoms with Crippen LogP contribution in [0.15, 0.2) is 41.3 Å². The minimum Gasteiger partial charge on any atom is -0.545 e.